The van der Waals surface area contributed by atoms with E-state index in [0.717, 1.165) is 28.8 Å². The summed E-state index contributed by atoms with van der Waals surface area (Å²) >= 11 is 0. The van der Waals surface area contributed by atoms with E-state index in [1.165, 1.54) is 0 Å². The van der Waals surface area contributed by atoms with Crippen LogP contribution in [0.15, 0.2) is 77.6 Å². The van der Waals surface area contributed by atoms with Gasteiger partial charge in [-0.15, -0.1) is 0 Å². The van der Waals surface area contributed by atoms with E-state index in [9.17, 15) is 14.4 Å². The van der Waals surface area contributed by atoms with E-state index < -0.39 is 0 Å². The Morgan fingerprint density at radius 1 is 0.879 bits per heavy atom. The fraction of sp³-hybridized carbons (Fsp3) is 0.192. The van der Waals surface area contributed by atoms with Gasteiger partial charge < -0.3 is 20.1 Å². The Morgan fingerprint density at radius 2 is 1.52 bits per heavy atom. The van der Waals surface area contributed by atoms with Crippen LogP contribution in [0.1, 0.15) is 5.56 Å². The van der Waals surface area contributed by atoms with Crippen LogP contribution in [0.2, 0.25) is 0 Å². The summed E-state index contributed by atoms with van der Waals surface area (Å²) in [5.74, 6) is -0.106. The number of nitrogens with zero attached hydrogens (tertiary/aromatic N) is 2. The molecule has 2 heterocycles. The zero-order valence-electron chi connectivity index (χ0n) is 18.1. The maximum absolute atomic E-state index is 12.9. The topological polar surface area (TPSA) is 83.4 Å². The molecular formula is C26H24N4O3. The second-order valence-electron chi connectivity index (χ2n) is 8.16. The van der Waals surface area contributed by atoms with E-state index in [1.54, 1.807) is 12.1 Å². The molecule has 0 saturated carbocycles. The average molecular weight is 441 g/mol. The number of carbonyl (C=O) groups excluding carboxylic acids is 2. The molecule has 0 bridgehead atoms. The van der Waals surface area contributed by atoms with Gasteiger partial charge in [-0.25, -0.2) is 0 Å². The molecule has 1 saturated heterocycles. The predicted octanol–water partition coefficient (Wildman–Crippen LogP) is 2.41. The standard InChI is InChI=1S/C26H24N4O3/c31-24-16-29(14-13-27-24)19-11-9-18(10-12-19)15-28-25(32)17-30-22-7-3-1-5-20(22)26(33)21-6-2-4-8-23(21)30/h1-12H,13-17H2,(H,27,31)(H,28,32). The highest BCUT2D eigenvalue weighted by Gasteiger charge is 2.16. The Hall–Kier alpha value is -4.13. The maximum atomic E-state index is 12.9. The van der Waals surface area contributed by atoms with Crippen LogP contribution in [0.5, 0.6) is 0 Å². The lowest BCUT2D eigenvalue weighted by Crippen LogP contribution is -2.47. The summed E-state index contributed by atoms with van der Waals surface area (Å²) in [6.07, 6.45) is 0. The minimum absolute atomic E-state index is 0.0239. The fourth-order valence-corrected chi connectivity index (χ4v) is 4.33. The number of nitrogens with one attached hydrogen (secondary N) is 2. The van der Waals surface area contributed by atoms with Crippen molar-refractivity contribution >= 4 is 39.3 Å². The zero-order valence-corrected chi connectivity index (χ0v) is 18.1. The van der Waals surface area contributed by atoms with Crippen molar-refractivity contribution in [2.45, 2.75) is 13.1 Å². The molecule has 2 amide bonds. The lowest BCUT2D eigenvalue weighted by molar-refractivity contribution is -0.122. The molecule has 1 aliphatic rings. The third-order valence-electron chi connectivity index (χ3n) is 6.01. The van der Waals surface area contributed by atoms with Crippen LogP contribution in [0, 0.1) is 0 Å². The second-order valence-corrected chi connectivity index (χ2v) is 8.16. The van der Waals surface area contributed by atoms with Crippen molar-refractivity contribution in [2.75, 3.05) is 24.5 Å². The number of hydrogen-bond acceptors (Lipinski definition) is 4. The number of benzene rings is 3. The quantitative estimate of drug-likeness (QED) is 0.467. The van der Waals surface area contributed by atoms with Crippen LogP contribution in [-0.2, 0) is 22.7 Å². The summed E-state index contributed by atoms with van der Waals surface area (Å²) < 4.78 is 1.89. The molecule has 0 aliphatic carbocycles. The molecule has 1 aromatic heterocycles. The third-order valence-corrected chi connectivity index (χ3v) is 6.01. The summed E-state index contributed by atoms with van der Waals surface area (Å²) in [4.78, 5) is 39.3. The molecule has 4 aromatic rings. The van der Waals surface area contributed by atoms with E-state index in [0.29, 0.717) is 30.4 Å². The highest BCUT2D eigenvalue weighted by Crippen LogP contribution is 2.19. The molecule has 0 spiro atoms. The van der Waals surface area contributed by atoms with E-state index in [1.807, 2.05) is 70.1 Å². The molecule has 0 unspecified atom stereocenters. The number of aromatic nitrogens is 1. The van der Waals surface area contributed by atoms with Crippen molar-refractivity contribution < 1.29 is 9.59 Å². The molecule has 1 aliphatic heterocycles. The van der Waals surface area contributed by atoms with Gasteiger partial charge in [0.2, 0.25) is 11.8 Å². The van der Waals surface area contributed by atoms with Gasteiger partial charge in [0.15, 0.2) is 5.43 Å². The van der Waals surface area contributed by atoms with Crippen molar-refractivity contribution in [1.82, 2.24) is 15.2 Å². The number of pyridine rings is 1. The van der Waals surface area contributed by atoms with E-state index >= 15 is 0 Å². The number of anilines is 1. The van der Waals surface area contributed by atoms with E-state index in [-0.39, 0.29) is 23.8 Å². The molecule has 33 heavy (non-hydrogen) atoms. The van der Waals surface area contributed by atoms with Crippen LogP contribution in [0.4, 0.5) is 5.69 Å². The van der Waals surface area contributed by atoms with Gasteiger partial charge in [0.25, 0.3) is 0 Å². The SMILES string of the molecule is O=C1CN(c2ccc(CNC(=O)Cn3c4ccccc4c(=O)c4ccccc43)cc2)CCN1. The first-order valence-corrected chi connectivity index (χ1v) is 11.0. The lowest BCUT2D eigenvalue weighted by Gasteiger charge is -2.28. The smallest absolute Gasteiger partial charge is 0.240 e. The Bertz CT molecular complexity index is 1350. The summed E-state index contributed by atoms with van der Waals surface area (Å²) in [7, 11) is 0. The van der Waals surface area contributed by atoms with Crippen LogP contribution in [0.25, 0.3) is 21.8 Å². The minimum atomic E-state index is -0.134. The molecule has 0 atom stereocenters. The number of rotatable bonds is 5. The Labute approximate surface area is 190 Å². The van der Waals surface area contributed by atoms with Gasteiger partial charge in [-0.1, -0.05) is 36.4 Å². The molecule has 2 N–H and O–H groups in total. The minimum Gasteiger partial charge on any atom is -0.360 e. The summed E-state index contributed by atoms with van der Waals surface area (Å²) in [6, 6.07) is 22.6. The first kappa shape index (κ1) is 20.8. The number of hydrogen-bond donors (Lipinski definition) is 2. The molecule has 1 fully saturated rings. The fourth-order valence-electron chi connectivity index (χ4n) is 4.33. The first-order chi connectivity index (χ1) is 16.1. The number of fused-ring (bicyclic) bond motifs is 2. The van der Waals surface area contributed by atoms with Crippen molar-refractivity contribution in [2.24, 2.45) is 0 Å². The van der Waals surface area contributed by atoms with Gasteiger partial charge in [-0.05, 0) is 42.0 Å². The molecule has 7 nitrogen and oxygen atoms in total. The number of piperazine rings is 1. The van der Waals surface area contributed by atoms with Crippen LogP contribution in [-0.4, -0.2) is 36.0 Å². The van der Waals surface area contributed by atoms with Gasteiger partial charge in [-0.2, -0.15) is 0 Å². The summed E-state index contributed by atoms with van der Waals surface area (Å²) in [5.41, 5.74) is 3.43. The molecule has 0 radical (unpaired) electrons. The summed E-state index contributed by atoms with van der Waals surface area (Å²) in [5, 5.41) is 7.01. The first-order valence-electron chi connectivity index (χ1n) is 11.0. The Kier molecular flexibility index (Phi) is 5.52. The average Bonchev–Trinajstić information content (AvgIpc) is 2.85. The number of para-hydroxylation sites is 2. The van der Waals surface area contributed by atoms with Crippen LogP contribution < -0.4 is 21.0 Å². The molecule has 7 heteroatoms. The Balaban J connectivity index is 1.32. The normalized spacial score (nSPS) is 13.8. The summed E-state index contributed by atoms with van der Waals surface area (Å²) in [6.45, 7) is 2.30. The predicted molar refractivity (Wildman–Crippen MR) is 129 cm³/mol. The second kappa shape index (κ2) is 8.78. The molecule has 3 aromatic carbocycles. The van der Waals surface area contributed by atoms with E-state index in [2.05, 4.69) is 10.6 Å². The molecule has 5 rings (SSSR count). The molecule has 166 valence electrons. The highest BCUT2D eigenvalue weighted by atomic mass is 16.2. The number of carbonyl (C=O) groups is 2. The van der Waals surface area contributed by atoms with Gasteiger partial charge in [-0.3, -0.25) is 14.4 Å². The Morgan fingerprint density at radius 3 is 2.15 bits per heavy atom. The largest absolute Gasteiger partial charge is 0.360 e. The van der Waals surface area contributed by atoms with E-state index in [4.69, 9.17) is 0 Å². The monoisotopic (exact) mass is 440 g/mol. The van der Waals surface area contributed by atoms with Gasteiger partial charge in [0.1, 0.15) is 6.54 Å². The van der Waals surface area contributed by atoms with Gasteiger partial charge in [0.05, 0.1) is 17.6 Å². The van der Waals surface area contributed by atoms with Crippen molar-refractivity contribution in [3.63, 3.8) is 0 Å². The highest BCUT2D eigenvalue weighted by molar-refractivity contribution is 5.94. The van der Waals surface area contributed by atoms with Crippen LogP contribution >= 0.6 is 0 Å². The maximum Gasteiger partial charge on any atom is 0.240 e. The number of amides is 2. The van der Waals surface area contributed by atoms with Crippen molar-refractivity contribution in [1.29, 1.82) is 0 Å². The zero-order chi connectivity index (χ0) is 22.8. The molecular weight excluding hydrogens is 416 g/mol. The third kappa shape index (κ3) is 4.17. The van der Waals surface area contributed by atoms with Gasteiger partial charge >= 0.3 is 0 Å². The van der Waals surface area contributed by atoms with Crippen LogP contribution in [0.3, 0.4) is 0 Å². The van der Waals surface area contributed by atoms with Gasteiger partial charge in [0, 0.05) is 36.1 Å². The van der Waals surface area contributed by atoms with Crippen molar-refractivity contribution in [3.05, 3.63) is 88.6 Å². The van der Waals surface area contributed by atoms with Crippen molar-refractivity contribution in [3.8, 4) is 0 Å². The lowest BCUT2D eigenvalue weighted by atomic mass is 10.1.